The maximum Gasteiger partial charge on any atom is 0.272 e. The van der Waals surface area contributed by atoms with Gasteiger partial charge in [0.1, 0.15) is 5.69 Å². The van der Waals surface area contributed by atoms with Crippen molar-refractivity contribution in [1.82, 2.24) is 4.98 Å². The van der Waals surface area contributed by atoms with Crippen molar-refractivity contribution in [2.75, 3.05) is 5.32 Å². The molecular weight excluding hydrogens is 264 g/mol. The van der Waals surface area contributed by atoms with Crippen molar-refractivity contribution in [1.29, 1.82) is 0 Å². The minimum Gasteiger partial charge on any atom is -0.463 e. The van der Waals surface area contributed by atoms with Gasteiger partial charge in [-0.2, -0.15) is 0 Å². The number of hydrogen-bond acceptors (Lipinski definition) is 2. The zero-order valence-electron chi connectivity index (χ0n) is 10.2. The lowest BCUT2D eigenvalue weighted by molar-refractivity contribution is 0.102. The summed E-state index contributed by atoms with van der Waals surface area (Å²) in [6.45, 7) is 1.91. The molecule has 2 heterocycles. The van der Waals surface area contributed by atoms with Crippen LogP contribution >= 0.6 is 11.6 Å². The molecule has 19 heavy (non-hydrogen) atoms. The van der Waals surface area contributed by atoms with E-state index in [1.54, 1.807) is 30.5 Å². The predicted octanol–water partition coefficient (Wildman–Crippen LogP) is 3.98. The Morgan fingerprint density at radius 1 is 1.32 bits per heavy atom. The number of carbonyl (C=O) groups excluding carboxylic acids is 1. The minimum absolute atomic E-state index is 0.225. The zero-order valence-corrected chi connectivity index (χ0v) is 10.9. The number of furan rings is 1. The van der Waals surface area contributed by atoms with Crippen LogP contribution in [0.4, 0.5) is 5.69 Å². The summed E-state index contributed by atoms with van der Waals surface area (Å²) in [5, 5.41) is 3.41. The highest BCUT2D eigenvalue weighted by molar-refractivity contribution is 6.31. The third-order valence-electron chi connectivity index (χ3n) is 2.93. The Labute approximate surface area is 114 Å². The molecule has 3 aromatic rings. The second-order valence-electron chi connectivity index (χ2n) is 4.29. The number of amides is 1. The Balaban J connectivity index is 1.88. The van der Waals surface area contributed by atoms with Gasteiger partial charge in [-0.25, -0.2) is 0 Å². The summed E-state index contributed by atoms with van der Waals surface area (Å²) >= 11 is 5.92. The predicted molar refractivity (Wildman–Crippen MR) is 74.7 cm³/mol. The molecule has 1 amide bonds. The third-order valence-corrected chi connectivity index (χ3v) is 3.17. The average molecular weight is 275 g/mol. The molecule has 1 aromatic carbocycles. The van der Waals surface area contributed by atoms with Gasteiger partial charge in [-0.15, -0.1) is 0 Å². The van der Waals surface area contributed by atoms with Gasteiger partial charge < -0.3 is 14.7 Å². The number of aryl methyl sites for hydroxylation is 1. The summed E-state index contributed by atoms with van der Waals surface area (Å²) in [6.07, 6.45) is 1.57. The van der Waals surface area contributed by atoms with Gasteiger partial charge in [0.05, 0.1) is 11.8 Å². The summed E-state index contributed by atoms with van der Waals surface area (Å²) in [5.41, 5.74) is 3.56. The molecule has 0 radical (unpaired) electrons. The second-order valence-corrected chi connectivity index (χ2v) is 4.73. The Morgan fingerprint density at radius 3 is 2.95 bits per heavy atom. The highest BCUT2D eigenvalue weighted by Crippen LogP contribution is 2.22. The first-order chi connectivity index (χ1) is 9.13. The van der Waals surface area contributed by atoms with Crippen LogP contribution in [-0.4, -0.2) is 10.9 Å². The number of fused-ring (bicyclic) bond motifs is 1. The average Bonchev–Trinajstić information content (AvgIpc) is 2.94. The molecule has 2 N–H and O–H groups in total. The fourth-order valence-corrected chi connectivity index (χ4v) is 2.06. The van der Waals surface area contributed by atoms with Crippen LogP contribution in [0, 0.1) is 6.92 Å². The van der Waals surface area contributed by atoms with Gasteiger partial charge in [0.25, 0.3) is 5.91 Å². The number of carbonyl (C=O) groups is 1. The topological polar surface area (TPSA) is 58.0 Å². The molecule has 0 aliphatic rings. The van der Waals surface area contributed by atoms with Crippen LogP contribution in [-0.2, 0) is 0 Å². The number of aromatic nitrogens is 1. The highest BCUT2D eigenvalue weighted by Gasteiger charge is 2.12. The molecule has 0 atom stereocenters. The number of benzene rings is 1. The fraction of sp³-hybridized carbons (Fsp3) is 0.0714. The summed E-state index contributed by atoms with van der Waals surface area (Å²) in [6, 6.07) is 8.82. The molecule has 5 heteroatoms. The third kappa shape index (κ3) is 2.22. The van der Waals surface area contributed by atoms with E-state index in [9.17, 15) is 4.79 Å². The Morgan fingerprint density at radius 2 is 2.16 bits per heavy atom. The van der Waals surface area contributed by atoms with Crippen molar-refractivity contribution in [3.63, 3.8) is 0 Å². The zero-order chi connectivity index (χ0) is 13.4. The first-order valence-electron chi connectivity index (χ1n) is 5.77. The molecule has 0 spiro atoms. The van der Waals surface area contributed by atoms with Crippen molar-refractivity contribution in [2.24, 2.45) is 0 Å². The van der Waals surface area contributed by atoms with Crippen LogP contribution in [0.2, 0.25) is 5.02 Å². The number of aromatic amines is 1. The lowest BCUT2D eigenvalue weighted by Gasteiger charge is -2.07. The van der Waals surface area contributed by atoms with Gasteiger partial charge >= 0.3 is 0 Å². The molecular formula is C14H11ClN2O2. The van der Waals surface area contributed by atoms with E-state index in [4.69, 9.17) is 16.0 Å². The lowest BCUT2D eigenvalue weighted by atomic mass is 10.2. The summed E-state index contributed by atoms with van der Waals surface area (Å²) in [7, 11) is 0. The van der Waals surface area contributed by atoms with Gasteiger partial charge in [-0.1, -0.05) is 17.7 Å². The molecule has 2 aromatic heterocycles. The molecule has 0 aliphatic heterocycles. The number of H-pyrrole nitrogens is 1. The Kier molecular flexibility index (Phi) is 2.80. The number of halogens is 1. The van der Waals surface area contributed by atoms with Crippen LogP contribution < -0.4 is 5.32 Å². The number of hydrogen-bond donors (Lipinski definition) is 2. The molecule has 0 aliphatic carbocycles. The maximum atomic E-state index is 12.1. The molecule has 0 bridgehead atoms. The van der Waals surface area contributed by atoms with E-state index in [1.807, 2.05) is 13.0 Å². The van der Waals surface area contributed by atoms with Gasteiger partial charge in [-0.05, 0) is 24.6 Å². The van der Waals surface area contributed by atoms with E-state index in [2.05, 4.69) is 10.3 Å². The van der Waals surface area contributed by atoms with E-state index in [1.165, 1.54) is 0 Å². The summed E-state index contributed by atoms with van der Waals surface area (Å²) in [5.74, 6) is -0.225. The number of rotatable bonds is 2. The van der Waals surface area contributed by atoms with Gasteiger partial charge in [0.15, 0.2) is 5.58 Å². The molecule has 3 rings (SSSR count). The normalized spacial score (nSPS) is 10.8. The van der Waals surface area contributed by atoms with Crippen molar-refractivity contribution in [2.45, 2.75) is 6.92 Å². The van der Waals surface area contributed by atoms with Crippen molar-refractivity contribution < 1.29 is 9.21 Å². The maximum absolute atomic E-state index is 12.1. The molecule has 0 unspecified atom stereocenters. The standard InChI is InChI=1S/C14H11ClN2O2/c1-8-2-3-9(15)6-11(8)17-14(18)12-7-13-10(16-12)4-5-19-13/h2-7,16H,1H3,(H,17,18). The summed E-state index contributed by atoms with van der Waals surface area (Å²) < 4.78 is 5.21. The molecule has 0 saturated carbocycles. The summed E-state index contributed by atoms with van der Waals surface area (Å²) in [4.78, 5) is 15.1. The van der Waals surface area contributed by atoms with Crippen molar-refractivity contribution in [3.8, 4) is 0 Å². The van der Waals surface area contributed by atoms with Gasteiger partial charge in [0.2, 0.25) is 0 Å². The fourth-order valence-electron chi connectivity index (χ4n) is 1.89. The van der Waals surface area contributed by atoms with E-state index < -0.39 is 0 Å². The van der Waals surface area contributed by atoms with Crippen LogP contribution in [0.1, 0.15) is 16.1 Å². The largest absolute Gasteiger partial charge is 0.463 e. The van der Waals surface area contributed by atoms with Gasteiger partial charge in [0, 0.05) is 22.8 Å². The van der Waals surface area contributed by atoms with Crippen LogP contribution in [0.15, 0.2) is 41.0 Å². The first-order valence-corrected chi connectivity index (χ1v) is 6.15. The second kappa shape index (κ2) is 4.48. The Hall–Kier alpha value is -2.20. The quantitative estimate of drug-likeness (QED) is 0.743. The van der Waals surface area contributed by atoms with Crippen molar-refractivity contribution in [3.05, 3.63) is 52.9 Å². The highest BCUT2D eigenvalue weighted by atomic mass is 35.5. The molecule has 0 saturated heterocycles. The number of anilines is 1. The van der Waals surface area contributed by atoms with E-state index >= 15 is 0 Å². The van der Waals surface area contributed by atoms with Crippen LogP contribution in [0.25, 0.3) is 11.1 Å². The van der Waals surface area contributed by atoms with E-state index in [0.717, 1.165) is 11.1 Å². The molecule has 4 nitrogen and oxygen atoms in total. The van der Waals surface area contributed by atoms with Gasteiger partial charge in [-0.3, -0.25) is 4.79 Å². The molecule has 0 fully saturated rings. The van der Waals surface area contributed by atoms with Crippen LogP contribution in [0.3, 0.4) is 0 Å². The van der Waals surface area contributed by atoms with Crippen LogP contribution in [0.5, 0.6) is 0 Å². The van der Waals surface area contributed by atoms with Crippen molar-refractivity contribution >= 4 is 34.3 Å². The monoisotopic (exact) mass is 274 g/mol. The number of nitrogens with one attached hydrogen (secondary N) is 2. The van der Waals surface area contributed by atoms with E-state index in [-0.39, 0.29) is 5.91 Å². The lowest BCUT2D eigenvalue weighted by Crippen LogP contribution is -2.13. The van der Waals surface area contributed by atoms with E-state index in [0.29, 0.717) is 22.0 Å². The minimum atomic E-state index is -0.225. The molecule has 96 valence electrons. The first kappa shape index (κ1) is 11.9. The smallest absolute Gasteiger partial charge is 0.272 e. The Bertz CT molecular complexity index is 729. The SMILES string of the molecule is Cc1ccc(Cl)cc1NC(=O)c1cc2occc2[nH]1.